The highest BCUT2D eigenvalue weighted by atomic mass is 19.4. The predicted molar refractivity (Wildman–Crippen MR) is 76.1 cm³/mol. The number of hydrogen-bond acceptors (Lipinski definition) is 3. The van der Waals surface area contributed by atoms with Gasteiger partial charge in [0.2, 0.25) is 0 Å². The fraction of sp³-hybridized carbons (Fsp3) is 1.00. The number of alkyl halides is 3. The highest BCUT2D eigenvalue weighted by molar-refractivity contribution is 5.00. The lowest BCUT2D eigenvalue weighted by atomic mass is 9.94. The Kier molecular flexibility index (Phi) is 5.54. The van der Waals surface area contributed by atoms with Gasteiger partial charge in [-0.3, -0.25) is 4.90 Å². The van der Waals surface area contributed by atoms with Crippen molar-refractivity contribution in [2.45, 2.75) is 63.2 Å². The molecule has 0 spiro atoms. The summed E-state index contributed by atoms with van der Waals surface area (Å²) in [5, 5.41) is 13.1. The number of piperidine rings is 1. The molecule has 3 atom stereocenters. The molecule has 2 rings (SSSR count). The Hall–Kier alpha value is -0.330. The van der Waals surface area contributed by atoms with E-state index in [-0.39, 0.29) is 31.2 Å². The average molecular weight is 308 g/mol. The number of nitrogens with zero attached hydrogens (tertiary/aromatic N) is 1. The summed E-state index contributed by atoms with van der Waals surface area (Å²) < 4.78 is 38.7. The smallest absolute Gasteiger partial charge is 0.393 e. The SMILES string of the molecule is CCCNC1(CO)CCC(N2CCCC(C(F)(F)F)C2)C1. The molecular weight excluding hydrogens is 281 g/mol. The van der Waals surface area contributed by atoms with Gasteiger partial charge < -0.3 is 10.4 Å². The molecule has 124 valence electrons. The zero-order chi connectivity index (χ0) is 15.5. The predicted octanol–water partition coefficient (Wildman–Crippen LogP) is 2.54. The van der Waals surface area contributed by atoms with Crippen LogP contribution >= 0.6 is 0 Å². The molecule has 3 nitrogen and oxygen atoms in total. The van der Waals surface area contributed by atoms with Crippen LogP contribution in [-0.2, 0) is 0 Å². The van der Waals surface area contributed by atoms with E-state index in [1.54, 1.807) is 0 Å². The van der Waals surface area contributed by atoms with Gasteiger partial charge in [0.15, 0.2) is 0 Å². The number of rotatable bonds is 5. The highest BCUT2D eigenvalue weighted by Gasteiger charge is 2.46. The first kappa shape index (κ1) is 17.0. The zero-order valence-corrected chi connectivity index (χ0v) is 12.8. The van der Waals surface area contributed by atoms with E-state index in [1.165, 1.54) is 0 Å². The highest BCUT2D eigenvalue weighted by Crippen LogP contribution is 2.38. The molecule has 0 bridgehead atoms. The van der Waals surface area contributed by atoms with Crippen molar-refractivity contribution in [1.82, 2.24) is 10.2 Å². The molecule has 1 aliphatic heterocycles. The number of nitrogens with one attached hydrogen (secondary N) is 1. The van der Waals surface area contributed by atoms with Crippen LogP contribution in [0.15, 0.2) is 0 Å². The zero-order valence-electron chi connectivity index (χ0n) is 12.8. The van der Waals surface area contributed by atoms with E-state index in [0.29, 0.717) is 6.42 Å². The summed E-state index contributed by atoms with van der Waals surface area (Å²) in [6.45, 7) is 3.87. The fourth-order valence-corrected chi connectivity index (χ4v) is 3.77. The Balaban J connectivity index is 1.94. The molecule has 2 fully saturated rings. The molecular formula is C15H27F3N2O. The minimum absolute atomic E-state index is 0.0695. The molecule has 1 saturated heterocycles. The minimum atomic E-state index is -4.08. The van der Waals surface area contributed by atoms with E-state index >= 15 is 0 Å². The average Bonchev–Trinajstić information content (AvgIpc) is 2.90. The van der Waals surface area contributed by atoms with Crippen LogP contribution in [0.25, 0.3) is 0 Å². The Bertz CT molecular complexity index is 337. The second kappa shape index (κ2) is 6.84. The van der Waals surface area contributed by atoms with Crippen LogP contribution in [0.5, 0.6) is 0 Å². The molecule has 1 aliphatic carbocycles. The van der Waals surface area contributed by atoms with Gasteiger partial charge >= 0.3 is 6.18 Å². The minimum Gasteiger partial charge on any atom is -0.394 e. The molecule has 0 radical (unpaired) electrons. The summed E-state index contributed by atoms with van der Waals surface area (Å²) in [6.07, 6.45) is 0.274. The number of aliphatic hydroxyl groups is 1. The van der Waals surface area contributed by atoms with Gasteiger partial charge in [-0.15, -0.1) is 0 Å². The first-order valence-electron chi connectivity index (χ1n) is 8.07. The van der Waals surface area contributed by atoms with Gasteiger partial charge in [0.1, 0.15) is 0 Å². The third kappa shape index (κ3) is 4.11. The monoisotopic (exact) mass is 308 g/mol. The van der Waals surface area contributed by atoms with Crippen LogP contribution in [0.3, 0.4) is 0 Å². The standard InChI is InChI=1S/C15H27F3N2O/c1-2-7-19-14(11-21)6-5-13(9-14)20-8-3-4-12(10-20)15(16,17)18/h12-13,19,21H,2-11H2,1H3. The number of aliphatic hydroxyl groups excluding tert-OH is 1. The van der Waals surface area contributed by atoms with Gasteiger partial charge in [0.25, 0.3) is 0 Å². The molecule has 21 heavy (non-hydrogen) atoms. The Morgan fingerprint density at radius 3 is 2.71 bits per heavy atom. The van der Waals surface area contributed by atoms with Crippen molar-refractivity contribution in [1.29, 1.82) is 0 Å². The lowest BCUT2D eigenvalue weighted by Crippen LogP contribution is -2.50. The summed E-state index contributed by atoms with van der Waals surface area (Å²) >= 11 is 0. The van der Waals surface area contributed by atoms with Gasteiger partial charge in [-0.1, -0.05) is 6.92 Å². The van der Waals surface area contributed by atoms with E-state index < -0.39 is 12.1 Å². The van der Waals surface area contributed by atoms with Gasteiger partial charge in [-0.2, -0.15) is 13.2 Å². The van der Waals surface area contributed by atoms with Crippen molar-refractivity contribution in [2.75, 3.05) is 26.2 Å². The third-order valence-corrected chi connectivity index (χ3v) is 5.07. The summed E-state index contributed by atoms with van der Waals surface area (Å²) in [5.41, 5.74) is -0.286. The van der Waals surface area contributed by atoms with Crippen molar-refractivity contribution in [2.24, 2.45) is 5.92 Å². The van der Waals surface area contributed by atoms with Crippen LogP contribution in [0, 0.1) is 5.92 Å². The van der Waals surface area contributed by atoms with Crippen LogP contribution in [0.1, 0.15) is 45.4 Å². The lowest BCUT2D eigenvalue weighted by molar-refractivity contribution is -0.188. The van der Waals surface area contributed by atoms with E-state index in [9.17, 15) is 18.3 Å². The maximum Gasteiger partial charge on any atom is 0.393 e. The van der Waals surface area contributed by atoms with Crippen LogP contribution < -0.4 is 5.32 Å². The first-order chi connectivity index (χ1) is 9.90. The maximum absolute atomic E-state index is 12.9. The maximum atomic E-state index is 12.9. The Morgan fingerprint density at radius 2 is 2.10 bits per heavy atom. The van der Waals surface area contributed by atoms with Gasteiger partial charge in [-0.05, 0) is 51.6 Å². The molecule has 3 unspecified atom stereocenters. The second-order valence-corrected chi connectivity index (χ2v) is 6.64. The van der Waals surface area contributed by atoms with Crippen LogP contribution in [-0.4, -0.2) is 54.0 Å². The first-order valence-corrected chi connectivity index (χ1v) is 8.07. The molecule has 2 N–H and O–H groups in total. The van der Waals surface area contributed by atoms with E-state index in [4.69, 9.17) is 0 Å². The van der Waals surface area contributed by atoms with Crippen molar-refractivity contribution >= 4 is 0 Å². The molecule has 0 amide bonds. The quantitative estimate of drug-likeness (QED) is 0.819. The molecule has 2 aliphatic rings. The molecule has 0 aromatic heterocycles. The third-order valence-electron chi connectivity index (χ3n) is 5.07. The summed E-state index contributed by atoms with van der Waals surface area (Å²) in [6, 6.07) is 0.173. The summed E-state index contributed by atoms with van der Waals surface area (Å²) in [4.78, 5) is 2.01. The lowest BCUT2D eigenvalue weighted by Gasteiger charge is -2.38. The van der Waals surface area contributed by atoms with Crippen LogP contribution in [0.2, 0.25) is 0 Å². The summed E-state index contributed by atoms with van der Waals surface area (Å²) in [7, 11) is 0. The van der Waals surface area contributed by atoms with Crippen molar-refractivity contribution in [3.63, 3.8) is 0 Å². The Morgan fingerprint density at radius 1 is 1.33 bits per heavy atom. The van der Waals surface area contributed by atoms with Gasteiger partial charge in [-0.25, -0.2) is 0 Å². The van der Waals surface area contributed by atoms with Crippen molar-refractivity contribution < 1.29 is 18.3 Å². The summed E-state index contributed by atoms with van der Waals surface area (Å²) in [5.74, 6) is -1.18. The van der Waals surface area contributed by atoms with Crippen LogP contribution in [0.4, 0.5) is 13.2 Å². The van der Waals surface area contributed by atoms with Gasteiger partial charge in [0.05, 0.1) is 12.5 Å². The van der Waals surface area contributed by atoms with Crippen molar-refractivity contribution in [3.05, 3.63) is 0 Å². The normalized spacial score (nSPS) is 35.3. The second-order valence-electron chi connectivity index (χ2n) is 6.64. The topological polar surface area (TPSA) is 35.5 Å². The van der Waals surface area contributed by atoms with Gasteiger partial charge in [0, 0.05) is 18.1 Å². The van der Waals surface area contributed by atoms with E-state index in [2.05, 4.69) is 12.2 Å². The molecule has 0 aromatic carbocycles. The molecule has 1 saturated carbocycles. The Labute approximate surface area is 124 Å². The van der Waals surface area contributed by atoms with E-state index in [0.717, 1.165) is 38.8 Å². The number of likely N-dealkylation sites (tertiary alicyclic amines) is 1. The largest absolute Gasteiger partial charge is 0.394 e. The number of halogens is 3. The van der Waals surface area contributed by atoms with Crippen molar-refractivity contribution in [3.8, 4) is 0 Å². The molecule has 6 heteroatoms. The number of hydrogen-bond donors (Lipinski definition) is 2. The molecule has 0 aromatic rings. The molecule has 1 heterocycles. The fourth-order valence-electron chi connectivity index (χ4n) is 3.77. The van der Waals surface area contributed by atoms with E-state index in [1.807, 2.05) is 4.90 Å².